The lowest BCUT2D eigenvalue weighted by molar-refractivity contribution is -0.140. The molecule has 2 saturated heterocycles. The smallest absolute Gasteiger partial charge is 0.233 e. The summed E-state index contributed by atoms with van der Waals surface area (Å²) in [6, 6.07) is 0. The van der Waals surface area contributed by atoms with E-state index in [0.717, 1.165) is 45.2 Å². The van der Waals surface area contributed by atoms with E-state index in [0.29, 0.717) is 25.3 Å². The summed E-state index contributed by atoms with van der Waals surface area (Å²) < 4.78 is 0. The average Bonchev–Trinajstić information content (AvgIpc) is 3.18. The van der Waals surface area contributed by atoms with Gasteiger partial charge in [0.1, 0.15) is 0 Å². The van der Waals surface area contributed by atoms with Crippen LogP contribution in [0, 0.1) is 22.7 Å². The zero-order valence-electron chi connectivity index (χ0n) is 18.8. The predicted octanol–water partition coefficient (Wildman–Crippen LogP) is 4.25. The van der Waals surface area contributed by atoms with Crippen LogP contribution in [0.15, 0.2) is 0 Å². The van der Waals surface area contributed by atoms with Crippen LogP contribution in [0.5, 0.6) is 0 Å². The standard InChI is InChI=1S/C23H40N2O3/c1-7-23(17(2)3)12-14-24(16-23)19(26)11-9-8-10-13-25-20(27)15-18(21(25)28)22(4,5)6/h17-18H,7-16H2,1-6H3. The molecule has 2 heterocycles. The molecule has 2 rings (SSSR count). The molecule has 0 aromatic heterocycles. The van der Waals surface area contributed by atoms with Gasteiger partial charge in [-0.3, -0.25) is 19.3 Å². The number of hydrogen-bond acceptors (Lipinski definition) is 3. The van der Waals surface area contributed by atoms with Crippen molar-refractivity contribution in [1.82, 2.24) is 9.80 Å². The van der Waals surface area contributed by atoms with Crippen LogP contribution in [-0.2, 0) is 14.4 Å². The number of amides is 3. The van der Waals surface area contributed by atoms with Crippen LogP contribution in [0.1, 0.15) is 86.5 Å². The Balaban J connectivity index is 1.70. The molecule has 0 aliphatic carbocycles. The third-order valence-corrected chi connectivity index (χ3v) is 7.23. The molecule has 0 radical (unpaired) electrons. The summed E-state index contributed by atoms with van der Waals surface area (Å²) in [4.78, 5) is 40.7. The molecule has 2 aliphatic rings. The van der Waals surface area contributed by atoms with Crippen molar-refractivity contribution in [2.75, 3.05) is 19.6 Å². The molecule has 2 atom stereocenters. The molecule has 0 N–H and O–H groups in total. The third kappa shape index (κ3) is 4.96. The zero-order chi connectivity index (χ0) is 21.1. The summed E-state index contributed by atoms with van der Waals surface area (Å²) in [7, 11) is 0. The van der Waals surface area contributed by atoms with Gasteiger partial charge in [0, 0.05) is 32.5 Å². The minimum absolute atomic E-state index is 0.0183. The molecule has 0 aromatic carbocycles. The first-order valence-electron chi connectivity index (χ1n) is 11.1. The maximum atomic E-state index is 12.6. The lowest BCUT2D eigenvalue weighted by Crippen LogP contribution is -2.35. The summed E-state index contributed by atoms with van der Waals surface area (Å²) in [6.07, 6.45) is 5.64. The Kier molecular flexibility index (Phi) is 7.33. The van der Waals surface area contributed by atoms with E-state index in [-0.39, 0.29) is 34.5 Å². The number of hydrogen-bond donors (Lipinski definition) is 0. The molecular formula is C23H40N2O3. The van der Waals surface area contributed by atoms with Crippen molar-refractivity contribution in [3.8, 4) is 0 Å². The molecule has 5 nitrogen and oxygen atoms in total. The van der Waals surface area contributed by atoms with Crippen molar-refractivity contribution < 1.29 is 14.4 Å². The van der Waals surface area contributed by atoms with Gasteiger partial charge in [0.25, 0.3) is 0 Å². The largest absolute Gasteiger partial charge is 0.342 e. The first kappa shape index (κ1) is 22.9. The normalized spacial score (nSPS) is 26.0. The van der Waals surface area contributed by atoms with E-state index < -0.39 is 0 Å². The van der Waals surface area contributed by atoms with Gasteiger partial charge in [0.05, 0.1) is 5.92 Å². The third-order valence-electron chi connectivity index (χ3n) is 7.23. The highest BCUT2D eigenvalue weighted by Gasteiger charge is 2.44. The fourth-order valence-electron chi connectivity index (χ4n) is 4.75. The second-order valence-corrected chi connectivity index (χ2v) is 10.3. The molecule has 28 heavy (non-hydrogen) atoms. The van der Waals surface area contributed by atoms with Gasteiger partial charge in [0.2, 0.25) is 17.7 Å². The number of nitrogens with zero attached hydrogens (tertiary/aromatic N) is 2. The monoisotopic (exact) mass is 392 g/mol. The minimum atomic E-state index is -0.198. The zero-order valence-corrected chi connectivity index (χ0v) is 18.8. The van der Waals surface area contributed by atoms with E-state index in [1.54, 1.807) is 0 Å². The van der Waals surface area contributed by atoms with E-state index in [4.69, 9.17) is 0 Å². The minimum Gasteiger partial charge on any atom is -0.342 e. The van der Waals surface area contributed by atoms with Crippen molar-refractivity contribution in [1.29, 1.82) is 0 Å². The van der Waals surface area contributed by atoms with Crippen LogP contribution in [0.25, 0.3) is 0 Å². The molecular weight excluding hydrogens is 352 g/mol. The number of imide groups is 1. The molecule has 2 unspecified atom stereocenters. The second-order valence-electron chi connectivity index (χ2n) is 10.3. The first-order chi connectivity index (χ1) is 13.0. The molecule has 2 fully saturated rings. The molecule has 5 heteroatoms. The fourth-order valence-corrected chi connectivity index (χ4v) is 4.75. The van der Waals surface area contributed by atoms with Crippen LogP contribution < -0.4 is 0 Å². The van der Waals surface area contributed by atoms with Crippen molar-refractivity contribution >= 4 is 17.7 Å². The highest BCUT2D eigenvalue weighted by atomic mass is 16.2. The molecule has 160 valence electrons. The molecule has 3 amide bonds. The van der Waals surface area contributed by atoms with Gasteiger partial charge in [-0.25, -0.2) is 0 Å². The number of likely N-dealkylation sites (tertiary alicyclic amines) is 2. The van der Waals surface area contributed by atoms with Crippen molar-refractivity contribution in [3.05, 3.63) is 0 Å². The maximum Gasteiger partial charge on any atom is 0.233 e. The summed E-state index contributed by atoms with van der Waals surface area (Å²) in [5.41, 5.74) is 0.114. The Hall–Kier alpha value is -1.39. The second kappa shape index (κ2) is 8.96. The van der Waals surface area contributed by atoms with E-state index in [1.807, 2.05) is 25.7 Å². The SMILES string of the molecule is CCC1(C(C)C)CCN(C(=O)CCCCCN2C(=O)CC(C(C)(C)C)C2=O)C1. The summed E-state index contributed by atoms with van der Waals surface area (Å²) >= 11 is 0. The highest BCUT2D eigenvalue weighted by Crippen LogP contribution is 2.41. The van der Waals surface area contributed by atoms with Crippen LogP contribution >= 0.6 is 0 Å². The molecule has 2 aliphatic heterocycles. The quantitative estimate of drug-likeness (QED) is 0.458. The molecule has 0 spiro atoms. The predicted molar refractivity (Wildman–Crippen MR) is 112 cm³/mol. The first-order valence-corrected chi connectivity index (χ1v) is 11.1. The van der Waals surface area contributed by atoms with Crippen molar-refractivity contribution in [2.45, 2.75) is 86.5 Å². The number of unbranched alkanes of at least 4 members (excludes halogenated alkanes) is 2. The Morgan fingerprint density at radius 3 is 2.36 bits per heavy atom. The van der Waals surface area contributed by atoms with Gasteiger partial charge in [-0.15, -0.1) is 0 Å². The Labute approximate surface area is 171 Å². The lowest BCUT2D eigenvalue weighted by atomic mass is 9.74. The molecule has 0 aromatic rings. The van der Waals surface area contributed by atoms with E-state index >= 15 is 0 Å². The van der Waals surface area contributed by atoms with Gasteiger partial charge >= 0.3 is 0 Å². The lowest BCUT2D eigenvalue weighted by Gasteiger charge is -2.32. The van der Waals surface area contributed by atoms with E-state index in [2.05, 4.69) is 20.8 Å². The summed E-state index contributed by atoms with van der Waals surface area (Å²) in [5, 5.41) is 0. The van der Waals surface area contributed by atoms with E-state index in [1.165, 1.54) is 4.90 Å². The Bertz CT molecular complexity index is 593. The van der Waals surface area contributed by atoms with Crippen LogP contribution in [-0.4, -0.2) is 47.2 Å². The Morgan fingerprint density at radius 2 is 1.86 bits per heavy atom. The van der Waals surface area contributed by atoms with Gasteiger partial charge in [-0.05, 0) is 42.4 Å². The highest BCUT2D eigenvalue weighted by molar-refractivity contribution is 6.03. The number of carbonyl (C=O) groups excluding carboxylic acids is 3. The van der Waals surface area contributed by atoms with Crippen LogP contribution in [0.3, 0.4) is 0 Å². The summed E-state index contributed by atoms with van der Waals surface area (Å²) in [5.74, 6) is 0.606. The topological polar surface area (TPSA) is 57.7 Å². The summed E-state index contributed by atoms with van der Waals surface area (Å²) in [6.45, 7) is 15.1. The van der Waals surface area contributed by atoms with Gasteiger partial charge in [-0.1, -0.05) is 48.0 Å². The number of rotatable bonds is 8. The van der Waals surface area contributed by atoms with Crippen LogP contribution in [0.2, 0.25) is 0 Å². The van der Waals surface area contributed by atoms with E-state index in [9.17, 15) is 14.4 Å². The van der Waals surface area contributed by atoms with Crippen molar-refractivity contribution in [3.63, 3.8) is 0 Å². The maximum absolute atomic E-state index is 12.6. The Morgan fingerprint density at radius 1 is 1.18 bits per heavy atom. The fraction of sp³-hybridized carbons (Fsp3) is 0.870. The molecule has 0 saturated carbocycles. The average molecular weight is 393 g/mol. The number of carbonyl (C=O) groups is 3. The van der Waals surface area contributed by atoms with Crippen LogP contribution in [0.4, 0.5) is 0 Å². The van der Waals surface area contributed by atoms with Gasteiger partial charge in [-0.2, -0.15) is 0 Å². The van der Waals surface area contributed by atoms with Crippen molar-refractivity contribution in [2.24, 2.45) is 22.7 Å². The van der Waals surface area contributed by atoms with Gasteiger partial charge < -0.3 is 4.90 Å². The van der Waals surface area contributed by atoms with Gasteiger partial charge in [0.15, 0.2) is 0 Å². The molecule has 0 bridgehead atoms.